The highest BCUT2D eigenvalue weighted by Gasteiger charge is 2.39. The van der Waals surface area contributed by atoms with E-state index in [1.165, 1.54) is 35.7 Å². The molecule has 0 aromatic heterocycles. The van der Waals surface area contributed by atoms with Crippen molar-refractivity contribution in [3.05, 3.63) is 35.4 Å². The number of rotatable bonds is 4. The van der Waals surface area contributed by atoms with Gasteiger partial charge in [0, 0.05) is 62.9 Å². The third-order valence-corrected chi connectivity index (χ3v) is 8.56. The molecule has 0 radical (unpaired) electrons. The first kappa shape index (κ1) is 21.3. The zero-order valence-corrected chi connectivity index (χ0v) is 19.1. The third-order valence-electron chi connectivity index (χ3n) is 7.62. The molecule has 2 amide bonds. The normalized spacial score (nSPS) is 26.6. The van der Waals surface area contributed by atoms with E-state index in [-0.39, 0.29) is 17.9 Å². The molecule has 0 spiro atoms. The first-order chi connectivity index (χ1) is 15.2. The van der Waals surface area contributed by atoms with E-state index in [4.69, 9.17) is 0 Å². The molecule has 3 fully saturated rings. The average Bonchev–Trinajstić information content (AvgIpc) is 3.25. The van der Waals surface area contributed by atoms with Crippen LogP contribution in [0.2, 0.25) is 0 Å². The molecule has 0 saturated carbocycles. The second-order valence-corrected chi connectivity index (χ2v) is 10.6. The summed E-state index contributed by atoms with van der Waals surface area (Å²) >= 11 is 2.05. The first-order valence-corrected chi connectivity index (χ1v) is 13.0. The van der Waals surface area contributed by atoms with E-state index < -0.39 is 0 Å². The van der Waals surface area contributed by atoms with Crippen molar-refractivity contribution in [1.29, 1.82) is 0 Å². The van der Waals surface area contributed by atoms with Crippen molar-refractivity contribution < 1.29 is 9.59 Å². The summed E-state index contributed by atoms with van der Waals surface area (Å²) < 4.78 is 0. The Morgan fingerprint density at radius 3 is 2.32 bits per heavy atom. The van der Waals surface area contributed by atoms with Crippen molar-refractivity contribution in [3.63, 3.8) is 0 Å². The lowest BCUT2D eigenvalue weighted by Gasteiger charge is -2.42. The molecule has 3 saturated heterocycles. The molecule has 1 N–H and O–H groups in total. The maximum absolute atomic E-state index is 13.2. The molecular formula is C24H34N4O2S. The van der Waals surface area contributed by atoms with Crippen LogP contribution in [-0.2, 0) is 22.4 Å². The molecular weight excluding hydrogens is 408 g/mol. The van der Waals surface area contributed by atoms with Crippen molar-refractivity contribution in [2.45, 2.75) is 50.2 Å². The number of thioether (sulfide) groups is 1. The van der Waals surface area contributed by atoms with Crippen LogP contribution >= 0.6 is 11.8 Å². The molecule has 3 aliphatic heterocycles. The molecule has 1 aromatic rings. The number of hydrogen-bond acceptors (Lipinski definition) is 5. The van der Waals surface area contributed by atoms with Crippen LogP contribution in [0.3, 0.4) is 0 Å². The molecule has 7 heteroatoms. The third kappa shape index (κ3) is 4.64. The number of benzene rings is 1. The summed E-state index contributed by atoms with van der Waals surface area (Å²) in [7, 11) is 0. The molecule has 5 rings (SSSR count). The zero-order chi connectivity index (χ0) is 21.2. The highest BCUT2D eigenvalue weighted by molar-refractivity contribution is 7.99. The number of fused-ring (bicyclic) bond motifs is 1. The van der Waals surface area contributed by atoms with Crippen LogP contribution in [0.1, 0.15) is 30.4 Å². The number of nitrogens with zero attached hydrogens (tertiary/aromatic N) is 3. The minimum Gasteiger partial charge on any atom is -0.353 e. The van der Waals surface area contributed by atoms with Crippen LogP contribution in [0.15, 0.2) is 24.3 Å². The van der Waals surface area contributed by atoms with Gasteiger partial charge in [0.05, 0.1) is 12.5 Å². The predicted octanol–water partition coefficient (Wildman–Crippen LogP) is 1.38. The van der Waals surface area contributed by atoms with Crippen molar-refractivity contribution >= 4 is 23.6 Å². The molecule has 6 nitrogen and oxygen atoms in total. The summed E-state index contributed by atoms with van der Waals surface area (Å²) in [6.07, 6.45) is 4.40. The number of carbonyl (C=O) groups excluding carboxylic acids is 2. The number of nitrogens with one attached hydrogen (secondary N) is 1. The van der Waals surface area contributed by atoms with E-state index in [0.717, 1.165) is 45.3 Å². The van der Waals surface area contributed by atoms with Crippen LogP contribution in [0.5, 0.6) is 0 Å². The van der Waals surface area contributed by atoms with Crippen molar-refractivity contribution in [3.8, 4) is 0 Å². The van der Waals surface area contributed by atoms with Crippen molar-refractivity contribution in [2.75, 3.05) is 50.8 Å². The lowest BCUT2D eigenvalue weighted by Crippen LogP contribution is -2.60. The van der Waals surface area contributed by atoms with Gasteiger partial charge in [-0.05, 0) is 36.8 Å². The lowest BCUT2D eigenvalue weighted by atomic mass is 10.00. The fourth-order valence-corrected chi connectivity index (χ4v) is 6.80. The smallest absolute Gasteiger partial charge is 0.237 e. The lowest BCUT2D eigenvalue weighted by molar-refractivity contribution is -0.140. The number of likely N-dealkylation sites (tertiary alicyclic amines) is 1. The van der Waals surface area contributed by atoms with E-state index in [9.17, 15) is 9.59 Å². The van der Waals surface area contributed by atoms with Gasteiger partial charge in [0.25, 0.3) is 0 Å². The summed E-state index contributed by atoms with van der Waals surface area (Å²) in [6, 6.07) is 9.20. The summed E-state index contributed by atoms with van der Waals surface area (Å²) in [6.45, 7) is 5.54. The standard InChI is InChI=1S/C24H34N4O2S/c29-23(27-8-5-20(6-9-27)26-11-13-31-14-12-26)17-22-24(30)25-7-10-28(22)21-15-18-3-1-2-4-19(18)16-21/h1-4,20-22H,5-17H2,(H,25,30). The minimum absolute atomic E-state index is 0.0243. The average molecular weight is 443 g/mol. The van der Waals surface area contributed by atoms with Crippen LogP contribution in [0.4, 0.5) is 0 Å². The Balaban J connectivity index is 1.19. The van der Waals surface area contributed by atoms with E-state index >= 15 is 0 Å². The number of piperidine rings is 1. The molecule has 31 heavy (non-hydrogen) atoms. The van der Waals surface area contributed by atoms with Gasteiger partial charge in [-0.15, -0.1) is 0 Å². The molecule has 1 aliphatic carbocycles. The largest absolute Gasteiger partial charge is 0.353 e. The second kappa shape index (κ2) is 9.51. The summed E-state index contributed by atoms with van der Waals surface area (Å²) in [5, 5.41) is 3.01. The van der Waals surface area contributed by atoms with Gasteiger partial charge < -0.3 is 10.2 Å². The Labute approximate surface area is 189 Å². The van der Waals surface area contributed by atoms with E-state index in [1.807, 2.05) is 16.7 Å². The first-order valence-electron chi connectivity index (χ1n) is 11.9. The zero-order valence-electron chi connectivity index (χ0n) is 18.3. The fourth-order valence-electron chi connectivity index (χ4n) is 5.87. The number of hydrogen-bond donors (Lipinski definition) is 1. The summed E-state index contributed by atoms with van der Waals surface area (Å²) in [4.78, 5) is 32.9. The Hall–Kier alpha value is -1.57. The molecule has 3 heterocycles. The van der Waals surface area contributed by atoms with Crippen molar-refractivity contribution in [1.82, 2.24) is 20.0 Å². The van der Waals surface area contributed by atoms with Gasteiger partial charge in [0.1, 0.15) is 0 Å². The Kier molecular flexibility index (Phi) is 6.53. The minimum atomic E-state index is -0.336. The molecule has 168 valence electrons. The summed E-state index contributed by atoms with van der Waals surface area (Å²) in [5.41, 5.74) is 2.78. The maximum Gasteiger partial charge on any atom is 0.237 e. The van der Waals surface area contributed by atoms with Gasteiger partial charge in [-0.2, -0.15) is 11.8 Å². The molecule has 0 bridgehead atoms. The number of piperazine rings is 1. The second-order valence-electron chi connectivity index (χ2n) is 9.34. The van der Waals surface area contributed by atoms with Gasteiger partial charge in [0.2, 0.25) is 11.8 Å². The van der Waals surface area contributed by atoms with Crippen molar-refractivity contribution in [2.24, 2.45) is 0 Å². The highest BCUT2D eigenvalue weighted by atomic mass is 32.2. The fraction of sp³-hybridized carbons (Fsp3) is 0.667. The van der Waals surface area contributed by atoms with Crippen LogP contribution in [-0.4, -0.2) is 95.4 Å². The van der Waals surface area contributed by atoms with Gasteiger partial charge in [0.15, 0.2) is 0 Å². The van der Waals surface area contributed by atoms with Gasteiger partial charge in [-0.1, -0.05) is 24.3 Å². The number of carbonyl (C=O) groups is 2. The topological polar surface area (TPSA) is 55.9 Å². The molecule has 1 unspecified atom stereocenters. The summed E-state index contributed by atoms with van der Waals surface area (Å²) in [5.74, 6) is 2.64. The monoisotopic (exact) mass is 442 g/mol. The van der Waals surface area contributed by atoms with Crippen LogP contribution in [0, 0.1) is 0 Å². The van der Waals surface area contributed by atoms with E-state index in [2.05, 4.69) is 39.4 Å². The Bertz CT molecular complexity index is 780. The van der Waals surface area contributed by atoms with Crippen LogP contribution in [0.25, 0.3) is 0 Å². The Morgan fingerprint density at radius 1 is 0.968 bits per heavy atom. The van der Waals surface area contributed by atoms with Gasteiger partial charge >= 0.3 is 0 Å². The Morgan fingerprint density at radius 2 is 1.65 bits per heavy atom. The molecule has 1 atom stereocenters. The molecule has 1 aromatic carbocycles. The highest BCUT2D eigenvalue weighted by Crippen LogP contribution is 2.28. The van der Waals surface area contributed by atoms with E-state index in [1.54, 1.807) is 0 Å². The van der Waals surface area contributed by atoms with Gasteiger partial charge in [-0.25, -0.2) is 0 Å². The molecule has 4 aliphatic rings. The quantitative estimate of drug-likeness (QED) is 0.764. The van der Waals surface area contributed by atoms with E-state index in [0.29, 0.717) is 25.0 Å². The van der Waals surface area contributed by atoms with Gasteiger partial charge in [-0.3, -0.25) is 19.4 Å². The maximum atomic E-state index is 13.2. The SMILES string of the molecule is O=C1NCCN(C2Cc3ccccc3C2)C1CC(=O)N1CCC(N2CCSCC2)CC1. The predicted molar refractivity (Wildman–Crippen MR) is 124 cm³/mol. The van der Waals surface area contributed by atoms with Crippen LogP contribution < -0.4 is 5.32 Å². The number of amides is 2.